The number of aromatic nitrogens is 2. The quantitative estimate of drug-likeness (QED) is 0.520. The highest BCUT2D eigenvalue weighted by Gasteiger charge is 2.34. The third-order valence-corrected chi connectivity index (χ3v) is 6.41. The predicted molar refractivity (Wildman–Crippen MR) is 128 cm³/mol. The van der Waals surface area contributed by atoms with E-state index in [-0.39, 0.29) is 24.0 Å². The number of aryl methyl sites for hydroxylation is 1. The van der Waals surface area contributed by atoms with Crippen molar-refractivity contribution in [2.75, 3.05) is 33.4 Å². The van der Waals surface area contributed by atoms with Crippen LogP contribution in [0.5, 0.6) is 0 Å². The largest absolute Gasteiger partial charge is 0.393 e. The molecule has 0 radical (unpaired) electrons. The first-order valence-electron chi connectivity index (χ1n) is 12.1. The maximum Gasteiger partial charge on any atom is 0.290 e. The van der Waals surface area contributed by atoms with Gasteiger partial charge in [-0.15, -0.1) is 0 Å². The number of nitrogens with one attached hydrogen (secondary N) is 1. The fourth-order valence-electron chi connectivity index (χ4n) is 4.72. The minimum absolute atomic E-state index is 0.0138. The molecule has 0 bridgehead atoms. The van der Waals surface area contributed by atoms with E-state index in [4.69, 9.17) is 9.72 Å². The molecule has 2 aromatic rings. The summed E-state index contributed by atoms with van der Waals surface area (Å²) >= 11 is 0. The summed E-state index contributed by atoms with van der Waals surface area (Å²) in [5.41, 5.74) is 1.85. The van der Waals surface area contributed by atoms with Crippen LogP contribution in [0.1, 0.15) is 57.1 Å². The van der Waals surface area contributed by atoms with Gasteiger partial charge >= 0.3 is 0 Å². The van der Waals surface area contributed by atoms with Crippen LogP contribution in [-0.4, -0.2) is 71.0 Å². The molecule has 7 nitrogen and oxygen atoms in total. The van der Waals surface area contributed by atoms with Crippen molar-refractivity contribution in [3.63, 3.8) is 0 Å². The number of carbonyl (C=O) groups excluding carboxylic acids is 1. The second-order valence-corrected chi connectivity index (χ2v) is 9.41. The molecule has 2 heterocycles. The molecule has 1 aliphatic rings. The number of amides is 1. The summed E-state index contributed by atoms with van der Waals surface area (Å²) in [6.45, 7) is 9.97. The van der Waals surface area contributed by atoms with E-state index in [0.29, 0.717) is 24.9 Å². The van der Waals surface area contributed by atoms with E-state index in [0.717, 1.165) is 56.4 Å². The van der Waals surface area contributed by atoms with Crippen LogP contribution in [0.25, 0.3) is 11.0 Å². The van der Waals surface area contributed by atoms with Gasteiger partial charge in [0.25, 0.3) is 5.91 Å². The zero-order valence-electron chi connectivity index (χ0n) is 20.1. The molecule has 1 unspecified atom stereocenters. The van der Waals surface area contributed by atoms with Gasteiger partial charge in [-0.2, -0.15) is 0 Å². The van der Waals surface area contributed by atoms with E-state index in [1.54, 1.807) is 7.11 Å². The summed E-state index contributed by atoms with van der Waals surface area (Å²) in [5.74, 6) is 1.01. The summed E-state index contributed by atoms with van der Waals surface area (Å²) < 4.78 is 7.28. The van der Waals surface area contributed by atoms with Crippen LogP contribution in [0, 0.1) is 11.8 Å². The fourth-order valence-corrected chi connectivity index (χ4v) is 4.72. The second-order valence-electron chi connectivity index (χ2n) is 9.41. The number of fused-ring (bicyclic) bond motifs is 1. The molecule has 3 rings (SSSR count). The zero-order chi connectivity index (χ0) is 23.1. The van der Waals surface area contributed by atoms with Gasteiger partial charge in [0, 0.05) is 45.9 Å². The average Bonchev–Trinajstić information content (AvgIpc) is 3.18. The lowest BCUT2D eigenvalue weighted by Crippen LogP contribution is -2.54. The van der Waals surface area contributed by atoms with E-state index < -0.39 is 0 Å². The monoisotopic (exact) mass is 444 g/mol. The van der Waals surface area contributed by atoms with Crippen LogP contribution in [0.15, 0.2) is 24.3 Å². The van der Waals surface area contributed by atoms with Crippen molar-refractivity contribution in [3.05, 3.63) is 30.1 Å². The number of aliphatic hydroxyl groups is 1. The van der Waals surface area contributed by atoms with E-state index in [1.807, 2.05) is 36.1 Å². The van der Waals surface area contributed by atoms with Gasteiger partial charge in [0.05, 0.1) is 17.1 Å². The number of nitrogens with zero attached hydrogens (tertiary/aromatic N) is 3. The minimum Gasteiger partial charge on any atom is -0.393 e. The molecule has 3 atom stereocenters. The van der Waals surface area contributed by atoms with Gasteiger partial charge in [0.2, 0.25) is 0 Å². The number of hydrogen-bond donors (Lipinski definition) is 2. The third kappa shape index (κ3) is 5.88. The highest BCUT2D eigenvalue weighted by atomic mass is 16.5. The first-order valence-corrected chi connectivity index (χ1v) is 12.1. The van der Waals surface area contributed by atoms with E-state index in [9.17, 15) is 9.90 Å². The molecule has 2 N–H and O–H groups in total. The van der Waals surface area contributed by atoms with Crippen LogP contribution >= 0.6 is 0 Å². The Hall–Kier alpha value is -1.96. The summed E-state index contributed by atoms with van der Waals surface area (Å²) in [6, 6.07) is 8.02. The summed E-state index contributed by atoms with van der Waals surface area (Å²) in [6.07, 6.45) is 3.07. The van der Waals surface area contributed by atoms with Crippen molar-refractivity contribution in [1.82, 2.24) is 19.8 Å². The number of aliphatic hydroxyl groups excluding tert-OH is 1. The molecule has 1 amide bonds. The maximum absolute atomic E-state index is 13.9. The Labute approximate surface area is 192 Å². The number of rotatable bonds is 11. The van der Waals surface area contributed by atoms with Crippen LogP contribution in [0.3, 0.4) is 0 Å². The predicted octanol–water partition coefficient (Wildman–Crippen LogP) is 3.31. The van der Waals surface area contributed by atoms with Crippen LogP contribution in [0.2, 0.25) is 0 Å². The molecular formula is C25H40N4O3. The number of para-hydroxylation sites is 2. The van der Waals surface area contributed by atoms with Gasteiger partial charge in [0.1, 0.15) is 0 Å². The lowest BCUT2D eigenvalue weighted by atomic mass is 9.88. The fraction of sp³-hybridized carbons (Fsp3) is 0.680. The highest BCUT2D eigenvalue weighted by molar-refractivity contribution is 5.95. The van der Waals surface area contributed by atoms with Gasteiger partial charge in [0.15, 0.2) is 5.82 Å². The molecule has 178 valence electrons. The second kappa shape index (κ2) is 11.8. The molecule has 1 aromatic heterocycles. The molecule has 1 saturated heterocycles. The Bertz CT molecular complexity index is 866. The SMILES string of the molecule is CC[C@H](O)C1CNC[C@@H](N(CC(C)C)C(=O)c2nc3ccccc3n2CCCCOC)C1. The average molecular weight is 445 g/mol. The van der Waals surface area contributed by atoms with Gasteiger partial charge in [-0.25, -0.2) is 4.98 Å². The maximum atomic E-state index is 13.9. The normalized spacial score (nSPS) is 20.1. The van der Waals surface area contributed by atoms with Gasteiger partial charge in [-0.3, -0.25) is 4.79 Å². The van der Waals surface area contributed by atoms with Crippen molar-refractivity contribution >= 4 is 16.9 Å². The number of ether oxygens (including phenoxy) is 1. The highest BCUT2D eigenvalue weighted by Crippen LogP contribution is 2.25. The first kappa shape index (κ1) is 24.7. The molecule has 1 aromatic carbocycles. The van der Waals surface area contributed by atoms with E-state index in [1.165, 1.54) is 0 Å². The van der Waals surface area contributed by atoms with Crippen molar-refractivity contribution < 1.29 is 14.6 Å². The van der Waals surface area contributed by atoms with Gasteiger partial charge < -0.3 is 24.6 Å². The van der Waals surface area contributed by atoms with E-state index >= 15 is 0 Å². The first-order chi connectivity index (χ1) is 15.5. The molecule has 1 aliphatic heterocycles. The van der Waals surface area contributed by atoms with Crippen molar-refractivity contribution in [2.45, 2.75) is 65.1 Å². The Morgan fingerprint density at radius 1 is 1.31 bits per heavy atom. The smallest absolute Gasteiger partial charge is 0.290 e. The summed E-state index contributed by atoms with van der Waals surface area (Å²) in [5, 5.41) is 13.9. The third-order valence-electron chi connectivity index (χ3n) is 6.41. The number of benzene rings is 1. The van der Waals surface area contributed by atoms with Crippen molar-refractivity contribution in [1.29, 1.82) is 0 Å². The number of imidazole rings is 1. The number of piperidine rings is 1. The Balaban J connectivity index is 1.90. The summed E-state index contributed by atoms with van der Waals surface area (Å²) in [4.78, 5) is 20.7. The molecule has 0 saturated carbocycles. The number of carbonyl (C=O) groups is 1. The van der Waals surface area contributed by atoms with Crippen LogP contribution in [-0.2, 0) is 11.3 Å². The Morgan fingerprint density at radius 3 is 2.81 bits per heavy atom. The Kier molecular flexibility index (Phi) is 9.08. The number of unbranched alkanes of at least 4 members (excludes halogenated alkanes) is 1. The molecule has 32 heavy (non-hydrogen) atoms. The van der Waals surface area contributed by atoms with Crippen LogP contribution in [0.4, 0.5) is 0 Å². The number of hydrogen-bond acceptors (Lipinski definition) is 5. The number of methoxy groups -OCH3 is 1. The molecule has 7 heteroatoms. The Morgan fingerprint density at radius 2 is 2.09 bits per heavy atom. The molecule has 1 fully saturated rings. The molecule has 0 aliphatic carbocycles. The summed E-state index contributed by atoms with van der Waals surface area (Å²) in [7, 11) is 1.71. The van der Waals surface area contributed by atoms with Gasteiger partial charge in [-0.1, -0.05) is 32.9 Å². The van der Waals surface area contributed by atoms with Crippen LogP contribution < -0.4 is 5.32 Å². The topological polar surface area (TPSA) is 79.6 Å². The standard InChI is InChI=1S/C25H40N4O3/c1-5-23(30)19-14-20(16-26-15-19)29(17-18(2)3)25(31)24-27-21-10-6-7-11-22(21)28(24)12-8-9-13-32-4/h6-7,10-11,18-20,23,26,30H,5,8-9,12-17H2,1-4H3/t19?,20-,23-/m0/s1. The zero-order valence-corrected chi connectivity index (χ0v) is 20.1. The molecule has 0 spiro atoms. The lowest BCUT2D eigenvalue weighted by molar-refractivity contribution is 0.0383. The lowest BCUT2D eigenvalue weighted by Gasteiger charge is -2.40. The van der Waals surface area contributed by atoms with Gasteiger partial charge in [-0.05, 0) is 49.7 Å². The van der Waals surface area contributed by atoms with Crippen molar-refractivity contribution in [2.24, 2.45) is 11.8 Å². The van der Waals surface area contributed by atoms with Crippen molar-refractivity contribution in [3.8, 4) is 0 Å². The van der Waals surface area contributed by atoms with E-state index in [2.05, 4.69) is 23.7 Å². The minimum atomic E-state index is -0.341. The molecular weight excluding hydrogens is 404 g/mol.